The minimum absolute atomic E-state index is 0.0302. The highest BCUT2D eigenvalue weighted by atomic mass is 31.2. The van der Waals surface area contributed by atoms with E-state index >= 15 is 0 Å². The third-order valence-electron chi connectivity index (χ3n) is 15.3. The van der Waals surface area contributed by atoms with Crippen molar-refractivity contribution in [1.82, 2.24) is 0 Å². The van der Waals surface area contributed by atoms with E-state index in [-0.39, 0.29) is 25.7 Å². The zero-order valence-corrected chi connectivity index (χ0v) is 63.9. The Morgan fingerprint density at radius 2 is 0.540 bits per heavy atom. The fraction of sp³-hybridized carbons (Fsp3) is 0.654. The van der Waals surface area contributed by atoms with Crippen LogP contribution in [0, 0.1) is 0 Å². The molecule has 19 heteroatoms. The van der Waals surface area contributed by atoms with Crippen molar-refractivity contribution in [2.75, 3.05) is 39.6 Å². The number of hydrogen-bond donors (Lipinski definition) is 3. The van der Waals surface area contributed by atoms with Crippen LogP contribution in [0.3, 0.4) is 0 Å². The molecule has 0 saturated carbocycles. The second-order valence-corrected chi connectivity index (χ2v) is 27.7. The summed E-state index contributed by atoms with van der Waals surface area (Å²) in [6.45, 7) is 4.44. The summed E-state index contributed by atoms with van der Waals surface area (Å²) in [4.78, 5) is 72.8. The van der Waals surface area contributed by atoms with Crippen molar-refractivity contribution >= 4 is 39.5 Å². The van der Waals surface area contributed by atoms with Crippen molar-refractivity contribution in [2.24, 2.45) is 0 Å². The number of unbranched alkanes of at least 4 members (excludes halogenated alkanes) is 20. The van der Waals surface area contributed by atoms with Crippen molar-refractivity contribution in [3.63, 3.8) is 0 Å². The van der Waals surface area contributed by atoms with E-state index in [2.05, 4.69) is 155 Å². The molecule has 0 aliphatic rings. The topological polar surface area (TPSA) is 237 Å². The van der Waals surface area contributed by atoms with Gasteiger partial charge in [0.2, 0.25) is 0 Å². The Kier molecular flexibility index (Phi) is 68.6. The minimum Gasteiger partial charge on any atom is -0.462 e. The molecule has 0 rings (SSSR count). The van der Waals surface area contributed by atoms with Crippen molar-refractivity contribution < 1.29 is 80.2 Å². The smallest absolute Gasteiger partial charge is 0.462 e. The van der Waals surface area contributed by atoms with Crippen LogP contribution in [-0.4, -0.2) is 96.7 Å². The van der Waals surface area contributed by atoms with Gasteiger partial charge in [-0.3, -0.25) is 37.3 Å². The molecule has 0 aromatic heterocycles. The van der Waals surface area contributed by atoms with Gasteiger partial charge in [0.05, 0.1) is 26.4 Å². The van der Waals surface area contributed by atoms with Crippen molar-refractivity contribution in [3.8, 4) is 0 Å². The van der Waals surface area contributed by atoms with Gasteiger partial charge in [0.1, 0.15) is 19.3 Å². The molecule has 100 heavy (non-hydrogen) atoms. The third kappa shape index (κ3) is 71.3. The summed E-state index contributed by atoms with van der Waals surface area (Å²) in [5, 5.41) is 10.6. The number of phosphoric ester groups is 2. The quantitative estimate of drug-likeness (QED) is 0.0169. The number of ether oxygens (including phenoxy) is 4. The number of aliphatic hydroxyl groups is 1. The maximum absolute atomic E-state index is 13.1. The third-order valence-corrected chi connectivity index (χ3v) is 17.2. The van der Waals surface area contributed by atoms with Crippen LogP contribution in [0.25, 0.3) is 0 Å². The monoisotopic (exact) mass is 1440 g/mol. The van der Waals surface area contributed by atoms with Crippen LogP contribution in [0.15, 0.2) is 146 Å². The predicted molar refractivity (Wildman–Crippen MR) is 408 cm³/mol. The van der Waals surface area contributed by atoms with Gasteiger partial charge in [-0.1, -0.05) is 251 Å². The SMILES string of the molecule is CC/C=C\C/C=C\C/C=C\C/C=C\C/C=C\C/C=C\CCC(=O)OCC(COP(=O)(O)OCC(O)COP(=O)(O)OCC(COC(=O)CCCC/C=C\C/C=C\C/C=C\C/C=C\CC)OC(=O)CCCCCCC/C=C\CCCCCC)OC(=O)CCCCCCC/C=C\CCCCCC. The number of hydrogen-bond acceptors (Lipinski definition) is 15. The molecule has 0 heterocycles. The van der Waals surface area contributed by atoms with E-state index in [1.807, 2.05) is 18.2 Å². The summed E-state index contributed by atoms with van der Waals surface area (Å²) >= 11 is 0. The van der Waals surface area contributed by atoms with Gasteiger partial charge in [-0.2, -0.15) is 0 Å². The first-order valence-electron chi connectivity index (χ1n) is 38.1. The fourth-order valence-corrected chi connectivity index (χ4v) is 11.1. The van der Waals surface area contributed by atoms with E-state index < -0.39 is 97.5 Å². The van der Waals surface area contributed by atoms with Gasteiger partial charge < -0.3 is 33.8 Å². The molecule has 0 fully saturated rings. The lowest BCUT2D eigenvalue weighted by atomic mass is 10.1. The van der Waals surface area contributed by atoms with Crippen LogP contribution >= 0.6 is 15.6 Å². The summed E-state index contributed by atoms with van der Waals surface area (Å²) < 4.78 is 68.3. The maximum Gasteiger partial charge on any atom is 0.472 e. The Morgan fingerprint density at radius 3 is 0.890 bits per heavy atom. The zero-order valence-electron chi connectivity index (χ0n) is 62.1. The van der Waals surface area contributed by atoms with Crippen LogP contribution in [0.2, 0.25) is 0 Å². The molecular formula is C81H134O17P2. The van der Waals surface area contributed by atoms with Crippen LogP contribution in [0.1, 0.15) is 285 Å². The number of carbonyl (C=O) groups excluding carboxylic acids is 4. The van der Waals surface area contributed by atoms with Gasteiger partial charge in [-0.05, 0) is 154 Å². The van der Waals surface area contributed by atoms with Crippen LogP contribution in [0.5, 0.6) is 0 Å². The average molecular weight is 1440 g/mol. The molecule has 0 aliphatic carbocycles. The first-order valence-corrected chi connectivity index (χ1v) is 41.1. The molecule has 0 amide bonds. The Bertz CT molecular complexity index is 2470. The predicted octanol–water partition coefficient (Wildman–Crippen LogP) is 21.9. The van der Waals surface area contributed by atoms with Gasteiger partial charge in [-0.15, -0.1) is 0 Å². The Hall–Kier alpha value is -5.06. The van der Waals surface area contributed by atoms with Crippen molar-refractivity contribution in [3.05, 3.63) is 146 Å². The Labute approximate surface area is 605 Å². The molecule has 5 unspecified atom stereocenters. The number of phosphoric acid groups is 2. The first-order chi connectivity index (χ1) is 48.7. The van der Waals surface area contributed by atoms with E-state index in [9.17, 15) is 43.2 Å². The van der Waals surface area contributed by atoms with Crippen LogP contribution in [0.4, 0.5) is 0 Å². The maximum atomic E-state index is 13.1. The molecule has 0 aliphatic heterocycles. The molecule has 0 spiro atoms. The van der Waals surface area contributed by atoms with Gasteiger partial charge in [0.25, 0.3) is 0 Å². The first kappa shape index (κ1) is 94.9. The van der Waals surface area contributed by atoms with E-state index in [0.717, 1.165) is 148 Å². The second-order valence-electron chi connectivity index (χ2n) is 24.8. The molecule has 3 N–H and O–H groups in total. The number of allylic oxidation sites excluding steroid dienone is 24. The van der Waals surface area contributed by atoms with Crippen molar-refractivity contribution in [2.45, 2.75) is 303 Å². The highest BCUT2D eigenvalue weighted by Gasteiger charge is 2.30. The van der Waals surface area contributed by atoms with Gasteiger partial charge in [0.15, 0.2) is 12.2 Å². The van der Waals surface area contributed by atoms with E-state index in [4.69, 9.17) is 37.0 Å². The second kappa shape index (κ2) is 72.3. The number of rotatable bonds is 70. The van der Waals surface area contributed by atoms with E-state index in [1.54, 1.807) is 0 Å². The van der Waals surface area contributed by atoms with Crippen LogP contribution in [-0.2, 0) is 65.4 Å². The molecule has 0 aromatic rings. The molecule has 0 aromatic carbocycles. The molecule has 570 valence electrons. The molecule has 5 atom stereocenters. The lowest BCUT2D eigenvalue weighted by Gasteiger charge is -2.21. The minimum atomic E-state index is -5.00. The Balaban J connectivity index is 5.45. The molecule has 0 radical (unpaired) electrons. The fourth-order valence-electron chi connectivity index (χ4n) is 9.52. The summed E-state index contributed by atoms with van der Waals surface area (Å²) in [6.07, 6.45) is 81.5. The average Bonchev–Trinajstić information content (AvgIpc) is 0.935. The molecule has 0 saturated heterocycles. The molecule has 17 nitrogen and oxygen atoms in total. The van der Waals surface area contributed by atoms with Gasteiger partial charge in [-0.25, -0.2) is 9.13 Å². The largest absolute Gasteiger partial charge is 0.472 e. The summed E-state index contributed by atoms with van der Waals surface area (Å²) in [6, 6.07) is 0. The molecular weight excluding hydrogens is 1310 g/mol. The van der Waals surface area contributed by atoms with Gasteiger partial charge >= 0.3 is 39.5 Å². The lowest BCUT2D eigenvalue weighted by Crippen LogP contribution is -2.30. The van der Waals surface area contributed by atoms with E-state index in [1.165, 1.54) is 51.4 Å². The van der Waals surface area contributed by atoms with E-state index in [0.29, 0.717) is 32.1 Å². The standard InChI is InChI=1S/C81H134O17P2/c1-5-9-13-17-21-25-29-33-35-36-37-38-40-44-46-50-54-58-62-66-79(84)92-72-77(98-81(86)68-64-60-56-52-48-42-32-28-24-20-16-12-8-4)74-96-100(89,90)94-70-75(82)69-93-99(87,88)95-73-76(97-80(85)67-63-59-55-51-47-41-31-27-23-19-15-11-7-3)71-91-78(83)65-61-57-53-49-45-43-39-34-30-26-22-18-14-10-6-2/h9-10,13-14,21-22,25-28,31-35,37-39,44-46,49,54,58,75-77,82H,5-8,11-12,15-20,23-24,29-30,36,40-43,47-48,50-53,55-57,59-74H2,1-4H3,(H,87,88)(H,89,90)/b13-9-,14-10-,25-21-,26-22-,31-27-,32-28-,35-33-,38-37-,39-34-,46-44-,49-45-,58-54-. The normalized spacial score (nSPS) is 14.8. The summed E-state index contributed by atoms with van der Waals surface area (Å²) in [5.74, 6) is -2.35. The van der Waals surface area contributed by atoms with Crippen molar-refractivity contribution in [1.29, 1.82) is 0 Å². The highest BCUT2D eigenvalue weighted by molar-refractivity contribution is 7.47. The lowest BCUT2D eigenvalue weighted by molar-refractivity contribution is -0.161. The number of aliphatic hydroxyl groups excluding tert-OH is 1. The van der Waals surface area contributed by atoms with Crippen LogP contribution < -0.4 is 0 Å². The molecule has 0 bridgehead atoms. The summed E-state index contributed by atoms with van der Waals surface area (Å²) in [5.41, 5.74) is 0. The van der Waals surface area contributed by atoms with Gasteiger partial charge in [0, 0.05) is 25.7 Å². The summed E-state index contributed by atoms with van der Waals surface area (Å²) in [7, 11) is -9.99. The number of carbonyl (C=O) groups is 4. The number of esters is 4. The highest BCUT2D eigenvalue weighted by Crippen LogP contribution is 2.45. The Morgan fingerprint density at radius 1 is 0.290 bits per heavy atom. The zero-order chi connectivity index (χ0) is 73.2.